The minimum atomic E-state index is -1.39. The smallest absolute Gasteiger partial charge is 0.162 e. The third-order valence-corrected chi connectivity index (χ3v) is 3.19. The van der Waals surface area contributed by atoms with Gasteiger partial charge in [-0.15, -0.1) is 11.8 Å². The highest BCUT2D eigenvalue weighted by molar-refractivity contribution is 8.00. The molecule has 0 saturated carbocycles. The first-order valence-corrected chi connectivity index (χ1v) is 4.26. The van der Waals surface area contributed by atoms with E-state index in [1.807, 2.05) is 0 Å². The van der Waals surface area contributed by atoms with Crippen LogP contribution in [-0.4, -0.2) is 46.9 Å². The third-order valence-electron chi connectivity index (χ3n) is 1.69. The second-order valence-electron chi connectivity index (χ2n) is 2.40. The minimum Gasteiger partial charge on any atom is -0.395 e. The molecular weight excluding hydrogens is 171 g/mol. The lowest BCUT2D eigenvalue weighted by Gasteiger charge is -2.10. The van der Waals surface area contributed by atoms with Crippen molar-refractivity contribution in [3.8, 4) is 0 Å². The Morgan fingerprint density at radius 1 is 1.64 bits per heavy atom. The Bertz CT molecular complexity index is 117. The Hall–Kier alpha value is 0.160. The highest BCUT2D eigenvalue weighted by Crippen LogP contribution is 2.36. The molecule has 0 amide bonds. The van der Waals surface area contributed by atoms with Gasteiger partial charge in [-0.3, -0.25) is 0 Å². The Labute approximate surface area is 68.5 Å². The van der Waals surface area contributed by atoms with E-state index >= 15 is 0 Å². The first-order chi connectivity index (χ1) is 5.20. The number of aliphatic hydroxyl groups is 2. The number of aliphatic hydroxyl groups excluding tert-OH is 2. The van der Waals surface area contributed by atoms with Gasteiger partial charge >= 0.3 is 0 Å². The summed E-state index contributed by atoms with van der Waals surface area (Å²) in [4.78, 5) is 0. The topological polar surface area (TPSA) is 49.7 Å². The van der Waals surface area contributed by atoms with Crippen molar-refractivity contribution in [2.24, 2.45) is 0 Å². The summed E-state index contributed by atoms with van der Waals surface area (Å²) in [6, 6.07) is 0. The maximum atomic E-state index is 12.9. The molecule has 0 spiro atoms. The van der Waals surface area contributed by atoms with Crippen LogP contribution in [0, 0.1) is 0 Å². The maximum Gasteiger partial charge on any atom is 0.162 e. The van der Waals surface area contributed by atoms with Crippen LogP contribution in [0.3, 0.4) is 0 Å². The van der Waals surface area contributed by atoms with E-state index in [9.17, 15) is 4.39 Å². The summed E-state index contributed by atoms with van der Waals surface area (Å²) in [5.74, 6) is 0. The van der Waals surface area contributed by atoms with Crippen LogP contribution >= 0.6 is 11.8 Å². The standard InChI is InChI=1S/C6H11FO3S/c1-10-6-4(7)5(9)3(2-8)11-6/h3-6,8-9H,2H2,1H3. The van der Waals surface area contributed by atoms with E-state index < -0.39 is 23.0 Å². The number of hydrogen-bond donors (Lipinski definition) is 2. The van der Waals surface area contributed by atoms with Crippen LogP contribution in [0.25, 0.3) is 0 Å². The summed E-state index contributed by atoms with van der Waals surface area (Å²) < 4.78 is 17.7. The molecule has 1 rings (SSSR count). The molecule has 0 aromatic heterocycles. The van der Waals surface area contributed by atoms with Gasteiger partial charge in [0.15, 0.2) is 6.17 Å². The Balaban J connectivity index is 2.53. The first-order valence-electron chi connectivity index (χ1n) is 3.32. The van der Waals surface area contributed by atoms with Crippen LogP contribution in [0.1, 0.15) is 0 Å². The molecular formula is C6H11FO3S. The van der Waals surface area contributed by atoms with Crippen molar-refractivity contribution in [2.75, 3.05) is 13.7 Å². The van der Waals surface area contributed by atoms with Crippen LogP contribution in [0.4, 0.5) is 4.39 Å². The van der Waals surface area contributed by atoms with E-state index in [1.165, 1.54) is 7.11 Å². The van der Waals surface area contributed by atoms with Gasteiger partial charge in [0.25, 0.3) is 0 Å². The normalized spacial score (nSPS) is 44.7. The lowest BCUT2D eigenvalue weighted by Crippen LogP contribution is -2.30. The van der Waals surface area contributed by atoms with Crippen molar-refractivity contribution >= 4 is 11.8 Å². The Morgan fingerprint density at radius 3 is 2.55 bits per heavy atom. The Morgan fingerprint density at radius 2 is 2.27 bits per heavy atom. The summed E-state index contributed by atoms with van der Waals surface area (Å²) in [5.41, 5.74) is -0.637. The van der Waals surface area contributed by atoms with Crippen molar-refractivity contribution in [1.29, 1.82) is 0 Å². The monoisotopic (exact) mass is 182 g/mol. The molecule has 0 aromatic rings. The van der Waals surface area contributed by atoms with Crippen LogP contribution in [0.15, 0.2) is 0 Å². The van der Waals surface area contributed by atoms with E-state index in [1.54, 1.807) is 0 Å². The minimum absolute atomic E-state index is 0.216. The average molecular weight is 182 g/mol. The van der Waals surface area contributed by atoms with Gasteiger partial charge in [-0.05, 0) is 0 Å². The first kappa shape index (κ1) is 9.25. The van der Waals surface area contributed by atoms with Gasteiger partial charge in [0, 0.05) is 7.11 Å². The second-order valence-corrected chi connectivity index (χ2v) is 3.74. The molecule has 1 saturated heterocycles. The molecule has 1 heterocycles. The molecule has 2 N–H and O–H groups in total. The van der Waals surface area contributed by atoms with E-state index in [0.717, 1.165) is 11.8 Å². The molecule has 3 nitrogen and oxygen atoms in total. The largest absolute Gasteiger partial charge is 0.395 e. The van der Waals surface area contributed by atoms with E-state index in [2.05, 4.69) is 0 Å². The molecule has 0 bridgehead atoms. The lowest BCUT2D eigenvalue weighted by molar-refractivity contribution is 0.0172. The van der Waals surface area contributed by atoms with Gasteiger partial charge in [-0.2, -0.15) is 0 Å². The zero-order valence-electron chi connectivity index (χ0n) is 6.11. The predicted octanol–water partition coefficient (Wildman–Crippen LogP) is -0.234. The highest BCUT2D eigenvalue weighted by atomic mass is 32.2. The maximum absolute atomic E-state index is 12.9. The SMILES string of the molecule is COC1SC(CO)C(O)C1F. The molecule has 0 aliphatic carbocycles. The summed E-state index contributed by atoms with van der Waals surface area (Å²) >= 11 is 1.13. The Kier molecular flexibility index (Phi) is 3.12. The molecule has 1 aliphatic heterocycles. The lowest BCUT2D eigenvalue weighted by atomic mass is 10.2. The molecule has 66 valence electrons. The summed E-state index contributed by atoms with van der Waals surface area (Å²) in [7, 11) is 1.39. The molecule has 1 fully saturated rings. The number of methoxy groups -OCH3 is 1. The number of thioether (sulfide) groups is 1. The zero-order chi connectivity index (χ0) is 8.43. The third kappa shape index (κ3) is 1.66. The number of hydrogen-bond acceptors (Lipinski definition) is 4. The van der Waals surface area contributed by atoms with Crippen molar-refractivity contribution in [3.63, 3.8) is 0 Å². The van der Waals surface area contributed by atoms with E-state index in [4.69, 9.17) is 14.9 Å². The van der Waals surface area contributed by atoms with Crippen molar-refractivity contribution in [3.05, 3.63) is 0 Å². The van der Waals surface area contributed by atoms with Gasteiger partial charge in [-0.25, -0.2) is 4.39 Å². The predicted molar refractivity (Wildman–Crippen MR) is 40.2 cm³/mol. The molecule has 11 heavy (non-hydrogen) atoms. The fraction of sp³-hybridized carbons (Fsp3) is 1.00. The van der Waals surface area contributed by atoms with Crippen LogP contribution < -0.4 is 0 Å². The van der Waals surface area contributed by atoms with Crippen LogP contribution in [0.5, 0.6) is 0 Å². The van der Waals surface area contributed by atoms with Crippen molar-refractivity contribution in [2.45, 2.75) is 23.0 Å². The van der Waals surface area contributed by atoms with Crippen LogP contribution in [0.2, 0.25) is 0 Å². The average Bonchev–Trinajstić information content (AvgIpc) is 2.30. The molecule has 0 aromatic carbocycles. The number of halogens is 1. The van der Waals surface area contributed by atoms with E-state index in [0.29, 0.717) is 0 Å². The molecule has 4 unspecified atom stereocenters. The van der Waals surface area contributed by atoms with Gasteiger partial charge in [0.05, 0.1) is 11.9 Å². The number of rotatable bonds is 2. The van der Waals surface area contributed by atoms with E-state index in [-0.39, 0.29) is 6.61 Å². The summed E-state index contributed by atoms with van der Waals surface area (Å²) in [6.07, 6.45) is -2.49. The van der Waals surface area contributed by atoms with Crippen molar-refractivity contribution in [1.82, 2.24) is 0 Å². The molecule has 5 heteroatoms. The number of ether oxygens (including phenoxy) is 1. The zero-order valence-corrected chi connectivity index (χ0v) is 6.92. The molecule has 1 aliphatic rings. The molecule has 0 radical (unpaired) electrons. The van der Waals surface area contributed by atoms with Gasteiger partial charge < -0.3 is 14.9 Å². The van der Waals surface area contributed by atoms with Crippen molar-refractivity contribution < 1.29 is 19.3 Å². The fourth-order valence-electron chi connectivity index (χ4n) is 1.03. The second kappa shape index (κ2) is 3.71. The summed E-state index contributed by atoms with van der Waals surface area (Å²) in [5, 5.41) is 17.3. The highest BCUT2D eigenvalue weighted by Gasteiger charge is 2.43. The number of alkyl halides is 1. The van der Waals surface area contributed by atoms with Gasteiger partial charge in [-0.1, -0.05) is 0 Å². The molecule has 4 atom stereocenters. The quantitative estimate of drug-likeness (QED) is 0.619. The fourth-order valence-corrected chi connectivity index (χ4v) is 2.19. The van der Waals surface area contributed by atoms with Gasteiger partial charge in [0.2, 0.25) is 0 Å². The summed E-state index contributed by atoms with van der Waals surface area (Å²) in [6.45, 7) is -0.216. The van der Waals surface area contributed by atoms with Crippen LogP contribution in [-0.2, 0) is 4.74 Å². The van der Waals surface area contributed by atoms with Gasteiger partial charge in [0.1, 0.15) is 11.5 Å².